The van der Waals surface area contributed by atoms with E-state index in [9.17, 15) is 4.79 Å². The fourth-order valence-corrected chi connectivity index (χ4v) is 2.98. The Hall–Kier alpha value is -1.35. The maximum atomic E-state index is 12.1. The normalized spacial score (nSPS) is 14.8. The van der Waals surface area contributed by atoms with Crippen LogP contribution < -0.4 is 5.32 Å². The van der Waals surface area contributed by atoms with Crippen molar-refractivity contribution < 1.29 is 9.90 Å². The zero-order valence-corrected chi connectivity index (χ0v) is 12.3. The molecule has 1 aliphatic rings. The predicted octanol–water partition coefficient (Wildman–Crippen LogP) is 1.31. The lowest BCUT2D eigenvalue weighted by molar-refractivity contribution is 0.0953. The number of carbonyl (C=O) groups excluding carboxylic acids is 1. The number of rotatable bonds is 5. The average Bonchev–Trinajstić information content (AvgIpc) is 3.10. The van der Waals surface area contributed by atoms with Crippen molar-refractivity contribution in [2.24, 2.45) is 0 Å². The molecule has 0 unspecified atom stereocenters. The van der Waals surface area contributed by atoms with Crippen LogP contribution >= 0.6 is 11.3 Å². The first-order valence-electron chi connectivity index (χ1n) is 6.99. The lowest BCUT2D eigenvalue weighted by Crippen LogP contribution is -2.33. The van der Waals surface area contributed by atoms with E-state index < -0.39 is 0 Å². The highest BCUT2D eigenvalue weighted by Crippen LogP contribution is 2.15. The third-order valence-electron chi connectivity index (χ3n) is 3.24. The summed E-state index contributed by atoms with van der Waals surface area (Å²) < 4.78 is 0. The van der Waals surface area contributed by atoms with Gasteiger partial charge < -0.3 is 15.3 Å². The molecule has 1 aliphatic heterocycles. The van der Waals surface area contributed by atoms with E-state index in [4.69, 9.17) is 5.11 Å². The van der Waals surface area contributed by atoms with Gasteiger partial charge in [-0.3, -0.25) is 4.79 Å². The molecule has 1 aromatic rings. The minimum Gasteiger partial charge on any atom is -0.395 e. The predicted molar refractivity (Wildman–Crippen MR) is 80.9 cm³/mol. The van der Waals surface area contributed by atoms with Crippen molar-refractivity contribution >= 4 is 17.2 Å². The number of nitrogens with zero attached hydrogens (tertiary/aromatic N) is 1. The summed E-state index contributed by atoms with van der Waals surface area (Å²) in [6.07, 6.45) is 2.97. The molecule has 4 nitrogen and oxygen atoms in total. The summed E-state index contributed by atoms with van der Waals surface area (Å²) in [6, 6.07) is 1.85. The van der Waals surface area contributed by atoms with Crippen LogP contribution in [-0.4, -0.2) is 48.7 Å². The second-order valence-electron chi connectivity index (χ2n) is 4.74. The molecular formula is C15H20N2O2S. The van der Waals surface area contributed by atoms with Gasteiger partial charge in [0.2, 0.25) is 0 Å². The van der Waals surface area contributed by atoms with Crippen LogP contribution in [0, 0.1) is 11.8 Å². The lowest BCUT2D eigenvalue weighted by atomic mass is 10.2. The number of hydrogen-bond donors (Lipinski definition) is 2. The average molecular weight is 292 g/mol. The van der Waals surface area contributed by atoms with Crippen molar-refractivity contribution in [3.8, 4) is 11.8 Å². The zero-order valence-electron chi connectivity index (χ0n) is 11.5. The van der Waals surface area contributed by atoms with E-state index >= 15 is 0 Å². The van der Waals surface area contributed by atoms with E-state index in [2.05, 4.69) is 22.1 Å². The number of carbonyl (C=O) groups is 1. The topological polar surface area (TPSA) is 52.6 Å². The number of aliphatic hydroxyl groups excluding tert-OH is 1. The number of nitrogens with one attached hydrogen (secondary N) is 1. The number of aliphatic hydroxyl groups is 1. The third-order valence-corrected chi connectivity index (χ3v) is 4.16. The third kappa shape index (κ3) is 4.34. The molecule has 1 fully saturated rings. The molecule has 0 spiro atoms. The number of hydrogen-bond acceptors (Lipinski definition) is 4. The van der Waals surface area contributed by atoms with Gasteiger partial charge in [0, 0.05) is 25.1 Å². The minimum atomic E-state index is -0.0486. The SMILES string of the molecule is O=C(NCCN1CCCC1)c1sccc1C#CCCO. The summed E-state index contributed by atoms with van der Waals surface area (Å²) >= 11 is 1.41. The van der Waals surface area contributed by atoms with Crippen LogP contribution in [0.1, 0.15) is 34.5 Å². The number of thiophene rings is 1. The van der Waals surface area contributed by atoms with Gasteiger partial charge in [0.25, 0.3) is 5.91 Å². The van der Waals surface area contributed by atoms with Crippen LogP contribution in [0.25, 0.3) is 0 Å². The van der Waals surface area contributed by atoms with Gasteiger partial charge in [0.15, 0.2) is 0 Å². The molecule has 0 atom stereocenters. The summed E-state index contributed by atoms with van der Waals surface area (Å²) in [5.74, 6) is 5.74. The van der Waals surface area contributed by atoms with Gasteiger partial charge in [0.05, 0.1) is 6.61 Å². The van der Waals surface area contributed by atoms with E-state index in [1.807, 2.05) is 11.4 Å². The van der Waals surface area contributed by atoms with Gasteiger partial charge in [-0.05, 0) is 37.4 Å². The molecule has 1 saturated heterocycles. The highest BCUT2D eigenvalue weighted by Gasteiger charge is 2.14. The van der Waals surface area contributed by atoms with Crippen LogP contribution in [0.3, 0.4) is 0 Å². The van der Waals surface area contributed by atoms with Crippen LogP contribution in [-0.2, 0) is 0 Å². The van der Waals surface area contributed by atoms with E-state index in [0.29, 0.717) is 17.8 Å². The van der Waals surface area contributed by atoms with Crippen molar-refractivity contribution in [2.75, 3.05) is 32.8 Å². The molecule has 0 aromatic carbocycles. The highest BCUT2D eigenvalue weighted by atomic mass is 32.1. The molecule has 5 heteroatoms. The molecule has 0 aliphatic carbocycles. The van der Waals surface area contributed by atoms with Gasteiger partial charge in [-0.25, -0.2) is 0 Å². The molecule has 2 heterocycles. The van der Waals surface area contributed by atoms with Crippen molar-refractivity contribution in [1.82, 2.24) is 10.2 Å². The first kappa shape index (κ1) is 15.0. The Labute approximate surface area is 123 Å². The second-order valence-corrected chi connectivity index (χ2v) is 5.66. The molecule has 0 bridgehead atoms. The summed E-state index contributed by atoms with van der Waals surface area (Å²) in [5.41, 5.74) is 0.752. The highest BCUT2D eigenvalue weighted by molar-refractivity contribution is 7.12. The van der Waals surface area contributed by atoms with E-state index in [1.165, 1.54) is 24.2 Å². The molecule has 108 valence electrons. The first-order valence-corrected chi connectivity index (χ1v) is 7.87. The first-order chi connectivity index (χ1) is 9.81. The minimum absolute atomic E-state index is 0.0486. The van der Waals surface area contributed by atoms with Crippen LogP contribution in [0.2, 0.25) is 0 Å². The summed E-state index contributed by atoms with van der Waals surface area (Å²) in [6.45, 7) is 3.94. The Morgan fingerprint density at radius 1 is 1.45 bits per heavy atom. The molecule has 1 amide bonds. The Balaban J connectivity index is 1.83. The van der Waals surface area contributed by atoms with Crippen molar-refractivity contribution in [2.45, 2.75) is 19.3 Å². The lowest BCUT2D eigenvalue weighted by Gasteiger charge is -2.14. The Kier molecular flexibility index (Phi) is 6.06. The van der Waals surface area contributed by atoms with Gasteiger partial charge in [-0.2, -0.15) is 0 Å². The van der Waals surface area contributed by atoms with Crippen LogP contribution in [0.5, 0.6) is 0 Å². The molecule has 2 rings (SSSR count). The molecule has 2 N–H and O–H groups in total. The van der Waals surface area contributed by atoms with Crippen LogP contribution in [0.4, 0.5) is 0 Å². The molecular weight excluding hydrogens is 272 g/mol. The molecule has 20 heavy (non-hydrogen) atoms. The standard InChI is InChI=1S/C15H20N2O2S/c18-11-4-1-5-13-6-12-20-14(13)15(19)16-7-10-17-8-2-3-9-17/h6,12,18H,2-4,7-11H2,(H,16,19). The monoisotopic (exact) mass is 292 g/mol. The molecule has 1 aromatic heterocycles. The zero-order chi connectivity index (χ0) is 14.2. The smallest absolute Gasteiger partial charge is 0.262 e. The number of likely N-dealkylation sites (tertiary alicyclic amines) is 1. The van der Waals surface area contributed by atoms with Crippen molar-refractivity contribution in [3.05, 3.63) is 21.9 Å². The van der Waals surface area contributed by atoms with E-state index in [0.717, 1.165) is 25.2 Å². The van der Waals surface area contributed by atoms with Crippen molar-refractivity contribution in [1.29, 1.82) is 0 Å². The Bertz CT molecular complexity index is 495. The summed E-state index contributed by atoms with van der Waals surface area (Å²) in [7, 11) is 0. The maximum Gasteiger partial charge on any atom is 0.262 e. The summed E-state index contributed by atoms with van der Waals surface area (Å²) in [5, 5.41) is 13.5. The van der Waals surface area contributed by atoms with Crippen molar-refractivity contribution in [3.63, 3.8) is 0 Å². The van der Waals surface area contributed by atoms with Gasteiger partial charge in [-0.15, -0.1) is 11.3 Å². The molecule has 0 saturated carbocycles. The van der Waals surface area contributed by atoms with E-state index in [1.54, 1.807) is 0 Å². The second kappa shape index (κ2) is 8.05. The maximum absolute atomic E-state index is 12.1. The number of amides is 1. The largest absolute Gasteiger partial charge is 0.395 e. The van der Waals surface area contributed by atoms with Gasteiger partial charge in [-0.1, -0.05) is 11.8 Å². The fourth-order valence-electron chi connectivity index (χ4n) is 2.21. The van der Waals surface area contributed by atoms with Crippen LogP contribution in [0.15, 0.2) is 11.4 Å². The van der Waals surface area contributed by atoms with E-state index in [-0.39, 0.29) is 12.5 Å². The molecule has 0 radical (unpaired) electrons. The van der Waals surface area contributed by atoms with Gasteiger partial charge >= 0.3 is 0 Å². The summed E-state index contributed by atoms with van der Waals surface area (Å²) in [4.78, 5) is 15.1. The Morgan fingerprint density at radius 2 is 2.25 bits per heavy atom. The Morgan fingerprint density at radius 3 is 3.00 bits per heavy atom. The quantitative estimate of drug-likeness (QED) is 0.805. The van der Waals surface area contributed by atoms with Gasteiger partial charge in [0.1, 0.15) is 4.88 Å². The fraction of sp³-hybridized carbons (Fsp3) is 0.533.